The zero-order valence-electron chi connectivity index (χ0n) is 32.1. The highest BCUT2D eigenvalue weighted by Gasteiger charge is 2.44. The lowest BCUT2D eigenvalue weighted by atomic mass is 9.99. The van der Waals surface area contributed by atoms with Crippen LogP contribution in [0.2, 0.25) is 0 Å². The highest BCUT2D eigenvalue weighted by Crippen LogP contribution is 2.24. The van der Waals surface area contributed by atoms with E-state index in [-0.39, 0.29) is 24.5 Å². The van der Waals surface area contributed by atoms with Gasteiger partial charge in [-0.15, -0.1) is 0 Å². The molecule has 1 unspecified atom stereocenters. The molecule has 2 heterocycles. The average molecular weight is 760 g/mol. The smallest absolute Gasteiger partial charge is 0.305 e. The minimum Gasteiger partial charge on any atom is -0.508 e. The molecule has 2 saturated heterocycles. The number of hydrogen-bond acceptors (Lipinski definition) is 10. The number of aliphatic hydroxyl groups excluding tert-OH is 1. The van der Waals surface area contributed by atoms with Gasteiger partial charge in [-0.1, -0.05) is 26.0 Å². The Morgan fingerprint density at radius 1 is 0.870 bits per heavy atom. The van der Waals surface area contributed by atoms with Crippen molar-refractivity contribution in [1.82, 2.24) is 36.8 Å². The molecule has 1 aromatic carbocycles. The van der Waals surface area contributed by atoms with Crippen LogP contribution in [0.1, 0.15) is 86.1 Å². The quantitative estimate of drug-likeness (QED) is 0.162. The van der Waals surface area contributed by atoms with Gasteiger partial charge in [-0.3, -0.25) is 38.5 Å². The summed E-state index contributed by atoms with van der Waals surface area (Å²) < 4.78 is 0. The van der Waals surface area contributed by atoms with Gasteiger partial charge in [0.15, 0.2) is 0 Å². The minimum atomic E-state index is -1.66. The van der Waals surface area contributed by atoms with E-state index in [1.807, 2.05) is 0 Å². The molecule has 8 atom stereocenters. The second kappa shape index (κ2) is 19.0. The molecular formula is C37H57N7O10. The maximum absolute atomic E-state index is 14.2. The van der Waals surface area contributed by atoms with Crippen LogP contribution in [0.25, 0.3) is 0 Å². The molecule has 0 aliphatic carbocycles. The van der Waals surface area contributed by atoms with E-state index in [1.165, 1.54) is 19.1 Å². The number of carboxylic acids is 1. The van der Waals surface area contributed by atoms with Crippen molar-refractivity contribution in [2.75, 3.05) is 6.54 Å². The van der Waals surface area contributed by atoms with Crippen LogP contribution in [-0.4, -0.2) is 122 Å². The van der Waals surface area contributed by atoms with Gasteiger partial charge in [0.2, 0.25) is 35.4 Å². The van der Waals surface area contributed by atoms with Crippen molar-refractivity contribution >= 4 is 41.4 Å². The summed E-state index contributed by atoms with van der Waals surface area (Å²) in [6, 6.07) is -2.24. The maximum atomic E-state index is 14.2. The first-order chi connectivity index (χ1) is 25.1. The predicted octanol–water partition coefficient (Wildman–Crippen LogP) is -0.568. The van der Waals surface area contributed by atoms with Gasteiger partial charge in [-0.05, 0) is 84.0 Å². The molecule has 17 nitrogen and oxygen atoms in total. The molecule has 3 rings (SSSR count). The number of aliphatic hydroxyl groups is 1. The molecule has 2 aliphatic rings. The molecule has 6 amide bonds. The summed E-state index contributed by atoms with van der Waals surface area (Å²) in [5.74, 6) is -5.85. The van der Waals surface area contributed by atoms with Crippen LogP contribution >= 0.6 is 0 Å². The van der Waals surface area contributed by atoms with Crippen LogP contribution in [-0.2, 0) is 40.0 Å². The number of carbonyl (C=O) groups excluding carboxylic acids is 6. The third-order valence-corrected chi connectivity index (χ3v) is 9.26. The number of phenols is 1. The molecule has 9 N–H and O–H groups in total. The number of nitrogens with one attached hydrogen (secondary N) is 6. The number of phenolic OH excluding ortho intramolecular Hbond substituents is 1. The molecule has 0 bridgehead atoms. The van der Waals surface area contributed by atoms with Gasteiger partial charge in [0.1, 0.15) is 29.9 Å². The van der Waals surface area contributed by atoms with Gasteiger partial charge in [0.05, 0.1) is 30.7 Å². The van der Waals surface area contributed by atoms with Crippen molar-refractivity contribution in [1.29, 1.82) is 0 Å². The first kappa shape index (κ1) is 43.6. The minimum absolute atomic E-state index is 0.0106. The summed E-state index contributed by atoms with van der Waals surface area (Å²) in [6.45, 7) is 12.2. The molecule has 1 aromatic rings. The fourth-order valence-electron chi connectivity index (χ4n) is 6.71. The molecule has 300 valence electrons. The Morgan fingerprint density at radius 3 is 2.02 bits per heavy atom. The second-order valence-electron chi connectivity index (χ2n) is 15.8. The van der Waals surface area contributed by atoms with Crippen LogP contribution in [0.5, 0.6) is 5.75 Å². The topological polar surface area (TPSA) is 256 Å². The second-order valence-corrected chi connectivity index (χ2v) is 15.8. The van der Waals surface area contributed by atoms with Crippen molar-refractivity contribution in [3.05, 3.63) is 29.8 Å². The SMILES string of the molecule is CC(C)C[C@@H]1NC(=O)[C@H](Cc2ccc(O)cc2)NC(=O)[C@@H]2CCCN2[C@H](C(=O)NC(C)(C)C)[C@H](C)NC(=O)CC([C@@H](C)O)NC(=O)[C@H](CC(=O)O)NC1=O. The lowest BCUT2D eigenvalue weighted by Crippen LogP contribution is -2.63. The lowest BCUT2D eigenvalue weighted by molar-refractivity contribution is -0.141. The van der Waals surface area contributed by atoms with E-state index in [0.29, 0.717) is 24.9 Å². The maximum Gasteiger partial charge on any atom is 0.305 e. The molecule has 17 heteroatoms. The largest absolute Gasteiger partial charge is 0.508 e. The van der Waals surface area contributed by atoms with Crippen LogP contribution in [0.4, 0.5) is 0 Å². The summed E-state index contributed by atoms with van der Waals surface area (Å²) >= 11 is 0. The van der Waals surface area contributed by atoms with Crippen molar-refractivity contribution < 1.29 is 48.9 Å². The normalized spacial score (nSPS) is 27.5. The van der Waals surface area contributed by atoms with Crippen molar-refractivity contribution in [3.8, 4) is 5.75 Å². The number of carboxylic acid groups (broad SMARTS) is 1. The van der Waals surface area contributed by atoms with E-state index in [1.54, 1.807) is 58.6 Å². The van der Waals surface area contributed by atoms with Crippen LogP contribution in [0.3, 0.4) is 0 Å². The summed E-state index contributed by atoms with van der Waals surface area (Å²) in [5.41, 5.74) is -0.105. The fourth-order valence-corrected chi connectivity index (χ4v) is 6.71. The summed E-state index contributed by atoms with van der Waals surface area (Å²) in [4.78, 5) is 96.3. The predicted molar refractivity (Wildman–Crippen MR) is 197 cm³/mol. The first-order valence-corrected chi connectivity index (χ1v) is 18.4. The Bertz CT molecular complexity index is 1530. The first-order valence-electron chi connectivity index (χ1n) is 18.4. The molecule has 0 aromatic heterocycles. The van der Waals surface area contributed by atoms with Crippen LogP contribution in [0, 0.1) is 5.92 Å². The number of benzene rings is 1. The van der Waals surface area contributed by atoms with Gasteiger partial charge in [0.25, 0.3) is 0 Å². The molecule has 2 fully saturated rings. The van der Waals surface area contributed by atoms with Gasteiger partial charge in [-0.2, -0.15) is 0 Å². The Hall–Kier alpha value is -4.77. The fraction of sp³-hybridized carbons (Fsp3) is 0.649. The highest BCUT2D eigenvalue weighted by molar-refractivity contribution is 5.96. The van der Waals surface area contributed by atoms with Crippen LogP contribution in [0.15, 0.2) is 24.3 Å². The molecule has 0 spiro atoms. The molecular weight excluding hydrogens is 702 g/mol. The Kier molecular flexibility index (Phi) is 15.4. The number of aliphatic carboxylic acids is 1. The van der Waals surface area contributed by atoms with E-state index in [2.05, 4.69) is 31.9 Å². The monoisotopic (exact) mass is 759 g/mol. The Morgan fingerprint density at radius 2 is 1.44 bits per heavy atom. The van der Waals surface area contributed by atoms with Gasteiger partial charge < -0.3 is 47.2 Å². The number of fused-ring (bicyclic) bond motifs is 1. The zero-order valence-corrected chi connectivity index (χ0v) is 32.1. The summed E-state index contributed by atoms with van der Waals surface area (Å²) in [6.07, 6.45) is -1.73. The van der Waals surface area contributed by atoms with Gasteiger partial charge in [-0.25, -0.2) is 0 Å². The highest BCUT2D eigenvalue weighted by atomic mass is 16.4. The number of nitrogens with zero attached hydrogens (tertiary/aromatic N) is 1. The Balaban J connectivity index is 2.14. The van der Waals surface area contributed by atoms with Gasteiger partial charge in [0, 0.05) is 18.4 Å². The standard InChI is InChI=1S/C37H57N7O10/c1-19(2)15-25-32(50)41-27(18-30(48)49)34(52)39-24(21(4)45)17-29(47)38-20(3)31(36(54)43-37(5,6)7)44-14-8-9-28(44)35(53)42-26(33(51)40-25)16-22-10-12-23(46)13-11-22/h10-13,19-21,24-28,31,45-46H,8-9,14-18H2,1-7H3,(H,38,47)(H,39,52)(H,40,51)(H,41,50)(H,42,53)(H,43,54)(H,48,49)/t20-,21+,24?,25-,26-,27-,28-,31-/m0/s1. The number of carbonyl (C=O) groups is 7. The molecule has 0 radical (unpaired) electrons. The van der Waals surface area contributed by atoms with E-state index in [9.17, 15) is 48.9 Å². The average Bonchev–Trinajstić information content (AvgIpc) is 3.52. The third kappa shape index (κ3) is 13.0. The number of rotatable bonds is 8. The number of amides is 6. The molecule has 0 saturated carbocycles. The van der Waals surface area contributed by atoms with Crippen LogP contribution < -0.4 is 31.9 Å². The Labute approximate surface area is 315 Å². The lowest BCUT2D eigenvalue weighted by Gasteiger charge is -2.37. The van der Waals surface area contributed by atoms with Crippen molar-refractivity contribution in [2.45, 2.75) is 141 Å². The van der Waals surface area contributed by atoms with Crippen molar-refractivity contribution in [3.63, 3.8) is 0 Å². The summed E-state index contributed by atoms with van der Waals surface area (Å²) in [5, 5.41) is 46.1. The number of hydrogen-bond donors (Lipinski definition) is 9. The molecule has 54 heavy (non-hydrogen) atoms. The zero-order chi connectivity index (χ0) is 40.5. The number of aromatic hydroxyl groups is 1. The van der Waals surface area contributed by atoms with Crippen molar-refractivity contribution in [2.24, 2.45) is 5.92 Å². The third-order valence-electron chi connectivity index (χ3n) is 9.26. The van der Waals surface area contributed by atoms with E-state index in [4.69, 9.17) is 0 Å². The summed E-state index contributed by atoms with van der Waals surface area (Å²) in [7, 11) is 0. The van der Waals surface area contributed by atoms with Gasteiger partial charge >= 0.3 is 5.97 Å². The van der Waals surface area contributed by atoms with E-state index in [0.717, 1.165) is 0 Å². The van der Waals surface area contributed by atoms with E-state index >= 15 is 0 Å². The molecule has 2 aliphatic heterocycles. The van der Waals surface area contributed by atoms with E-state index < -0.39 is 108 Å².